The Hall–Kier alpha value is -2.93. The Labute approximate surface area is 137 Å². The second-order valence-electron chi connectivity index (χ2n) is 5.34. The van der Waals surface area contributed by atoms with Crippen LogP contribution in [-0.2, 0) is 0 Å². The smallest absolute Gasteiger partial charge is 0.200 e. The van der Waals surface area contributed by atoms with E-state index in [1.165, 1.54) is 38.5 Å². The number of phenolic OH excluding ortho intramolecular Hbond substituents is 1. The van der Waals surface area contributed by atoms with Gasteiger partial charge in [-0.1, -0.05) is 0 Å². The highest BCUT2D eigenvalue weighted by Crippen LogP contribution is 2.41. The van der Waals surface area contributed by atoms with Crippen LogP contribution in [0.2, 0.25) is 0 Å². The molecule has 1 aromatic carbocycles. The molecule has 1 aliphatic carbocycles. The molecule has 3 N–H and O–H groups in total. The van der Waals surface area contributed by atoms with E-state index in [4.69, 9.17) is 13.9 Å². The van der Waals surface area contributed by atoms with Gasteiger partial charge in [0, 0.05) is 24.1 Å². The lowest BCUT2D eigenvalue weighted by molar-refractivity contribution is 0.154. The Balaban J connectivity index is 2.21. The van der Waals surface area contributed by atoms with Crippen LogP contribution in [0, 0.1) is 0 Å². The summed E-state index contributed by atoms with van der Waals surface area (Å²) < 4.78 is 15.8. The lowest BCUT2D eigenvalue weighted by Crippen LogP contribution is -2.18. The van der Waals surface area contributed by atoms with Crippen molar-refractivity contribution in [1.29, 1.82) is 0 Å². The minimum Gasteiger partial charge on any atom is -0.512 e. The highest BCUT2D eigenvalue weighted by Gasteiger charge is 2.25. The Morgan fingerprint density at radius 3 is 2.33 bits per heavy atom. The maximum atomic E-state index is 12.3. The van der Waals surface area contributed by atoms with Crippen molar-refractivity contribution in [3.05, 3.63) is 45.5 Å². The van der Waals surface area contributed by atoms with Gasteiger partial charge in [0.2, 0.25) is 5.75 Å². The average molecular weight is 332 g/mol. The molecule has 1 atom stereocenters. The summed E-state index contributed by atoms with van der Waals surface area (Å²) in [6.45, 7) is 0. The van der Waals surface area contributed by atoms with Gasteiger partial charge >= 0.3 is 0 Å². The summed E-state index contributed by atoms with van der Waals surface area (Å²) >= 11 is 0. The maximum absolute atomic E-state index is 12.3. The third kappa shape index (κ3) is 2.59. The van der Waals surface area contributed by atoms with Crippen LogP contribution >= 0.6 is 0 Å². The van der Waals surface area contributed by atoms with Crippen LogP contribution in [0.25, 0.3) is 17.4 Å². The molecule has 0 amide bonds. The van der Waals surface area contributed by atoms with Crippen molar-refractivity contribution < 1.29 is 29.2 Å². The van der Waals surface area contributed by atoms with Gasteiger partial charge in [-0.05, 0) is 12.1 Å². The van der Waals surface area contributed by atoms with Crippen molar-refractivity contribution in [2.75, 3.05) is 14.2 Å². The Morgan fingerprint density at radius 2 is 1.75 bits per heavy atom. The number of aromatic hydroxyl groups is 1. The van der Waals surface area contributed by atoms with E-state index in [1.807, 2.05) is 0 Å². The SMILES string of the molecule is COc1cc(-c2cc(=O)c3c(o2)C=C(O)C[C@@H]3O)cc(OC)c1O. The molecule has 1 aliphatic rings. The number of fused-ring (bicyclic) bond motifs is 1. The van der Waals surface area contributed by atoms with E-state index in [9.17, 15) is 20.1 Å². The molecule has 1 aromatic heterocycles. The zero-order valence-electron chi connectivity index (χ0n) is 13.1. The fourth-order valence-electron chi connectivity index (χ4n) is 2.65. The van der Waals surface area contributed by atoms with E-state index in [2.05, 4.69) is 0 Å². The van der Waals surface area contributed by atoms with Crippen LogP contribution in [-0.4, -0.2) is 29.5 Å². The van der Waals surface area contributed by atoms with Crippen LogP contribution in [0.1, 0.15) is 23.8 Å². The van der Waals surface area contributed by atoms with E-state index in [-0.39, 0.29) is 46.5 Å². The van der Waals surface area contributed by atoms with Crippen molar-refractivity contribution in [2.24, 2.45) is 0 Å². The Kier molecular flexibility index (Phi) is 3.94. The normalized spacial score (nSPS) is 16.3. The van der Waals surface area contributed by atoms with Crippen molar-refractivity contribution >= 4 is 6.08 Å². The second kappa shape index (κ2) is 5.93. The summed E-state index contributed by atoms with van der Waals surface area (Å²) in [4.78, 5) is 12.3. The lowest BCUT2D eigenvalue weighted by atomic mass is 9.97. The Bertz CT molecular complexity index is 854. The minimum absolute atomic E-state index is 0.0298. The molecule has 2 aromatic rings. The molecule has 0 saturated heterocycles. The van der Waals surface area contributed by atoms with E-state index in [0.29, 0.717) is 5.56 Å². The third-order valence-electron chi connectivity index (χ3n) is 3.81. The molecule has 1 heterocycles. The molecule has 0 spiro atoms. The van der Waals surface area contributed by atoms with Gasteiger partial charge in [-0.2, -0.15) is 0 Å². The van der Waals surface area contributed by atoms with E-state index in [1.54, 1.807) is 0 Å². The molecule has 3 rings (SSSR count). The number of aliphatic hydroxyl groups is 2. The zero-order chi connectivity index (χ0) is 17.4. The summed E-state index contributed by atoms with van der Waals surface area (Å²) in [6, 6.07) is 4.22. The van der Waals surface area contributed by atoms with Crippen molar-refractivity contribution in [2.45, 2.75) is 12.5 Å². The molecular weight excluding hydrogens is 316 g/mol. The monoisotopic (exact) mass is 332 g/mol. The first kappa shape index (κ1) is 15.9. The summed E-state index contributed by atoms with van der Waals surface area (Å²) in [5.41, 5.74) is 0.136. The molecule has 0 unspecified atom stereocenters. The van der Waals surface area contributed by atoms with Gasteiger partial charge in [0.15, 0.2) is 16.9 Å². The zero-order valence-corrected chi connectivity index (χ0v) is 13.1. The molecule has 0 fully saturated rings. The first-order chi connectivity index (χ1) is 11.4. The van der Waals surface area contributed by atoms with Gasteiger partial charge in [-0.3, -0.25) is 4.79 Å². The van der Waals surface area contributed by atoms with Gasteiger partial charge in [0.25, 0.3) is 0 Å². The number of hydrogen-bond acceptors (Lipinski definition) is 7. The van der Waals surface area contributed by atoms with E-state index < -0.39 is 11.5 Å². The molecule has 0 bridgehead atoms. The lowest BCUT2D eigenvalue weighted by Gasteiger charge is -2.18. The van der Waals surface area contributed by atoms with Crippen molar-refractivity contribution in [1.82, 2.24) is 0 Å². The molecule has 0 saturated carbocycles. The quantitative estimate of drug-likeness (QED) is 0.791. The molecule has 126 valence electrons. The average Bonchev–Trinajstić information content (AvgIpc) is 2.53. The largest absolute Gasteiger partial charge is 0.512 e. The van der Waals surface area contributed by atoms with Gasteiger partial charge < -0.3 is 29.2 Å². The number of rotatable bonds is 3. The van der Waals surface area contributed by atoms with Crippen LogP contribution in [0.4, 0.5) is 0 Å². The van der Waals surface area contributed by atoms with Crippen molar-refractivity contribution in [3.63, 3.8) is 0 Å². The number of ether oxygens (including phenoxy) is 2. The van der Waals surface area contributed by atoms with Crippen LogP contribution in [0.15, 0.2) is 33.2 Å². The summed E-state index contributed by atoms with van der Waals surface area (Å²) in [6.07, 6.45) is 0.166. The number of phenols is 1. The topological polar surface area (TPSA) is 109 Å². The molecule has 24 heavy (non-hydrogen) atoms. The van der Waals surface area contributed by atoms with E-state index >= 15 is 0 Å². The van der Waals surface area contributed by atoms with E-state index in [0.717, 1.165) is 0 Å². The Morgan fingerprint density at radius 1 is 1.12 bits per heavy atom. The third-order valence-corrected chi connectivity index (χ3v) is 3.81. The number of benzene rings is 1. The predicted octanol–water partition coefficient (Wildman–Crippen LogP) is 2.37. The summed E-state index contributed by atoms with van der Waals surface area (Å²) in [5, 5.41) is 29.5. The highest BCUT2D eigenvalue weighted by molar-refractivity contribution is 5.68. The predicted molar refractivity (Wildman–Crippen MR) is 85.4 cm³/mol. The van der Waals surface area contributed by atoms with Gasteiger partial charge in [-0.15, -0.1) is 0 Å². The van der Waals surface area contributed by atoms with Crippen LogP contribution in [0.3, 0.4) is 0 Å². The fraction of sp³-hybridized carbons (Fsp3) is 0.235. The second-order valence-corrected chi connectivity index (χ2v) is 5.34. The minimum atomic E-state index is -1.11. The summed E-state index contributed by atoms with van der Waals surface area (Å²) in [5.74, 6) is 0.354. The molecule has 7 nitrogen and oxygen atoms in total. The number of hydrogen-bond donors (Lipinski definition) is 3. The van der Waals surface area contributed by atoms with Crippen molar-refractivity contribution in [3.8, 4) is 28.6 Å². The maximum Gasteiger partial charge on any atom is 0.200 e. The standard InChI is InChI=1S/C17H16O7/c1-22-14-3-8(4-15(23-2)17(14)21)12-7-11(20)16-10(19)5-9(18)6-13(16)24-12/h3-4,6-7,10,18-19,21H,5H2,1-2H3/t10-/m0/s1. The van der Waals surface area contributed by atoms with Gasteiger partial charge in [0.1, 0.15) is 11.5 Å². The van der Waals surface area contributed by atoms with Crippen LogP contribution in [0.5, 0.6) is 17.2 Å². The summed E-state index contributed by atoms with van der Waals surface area (Å²) in [7, 11) is 2.77. The first-order valence-electron chi connectivity index (χ1n) is 7.15. The first-order valence-corrected chi connectivity index (χ1v) is 7.15. The fourth-order valence-corrected chi connectivity index (χ4v) is 2.65. The molecule has 0 aliphatic heterocycles. The number of methoxy groups -OCH3 is 2. The molecular formula is C17H16O7. The number of aliphatic hydroxyl groups excluding tert-OH is 2. The molecule has 0 radical (unpaired) electrons. The van der Waals surface area contributed by atoms with Gasteiger partial charge in [-0.25, -0.2) is 0 Å². The highest BCUT2D eigenvalue weighted by atomic mass is 16.5. The van der Waals surface area contributed by atoms with Crippen LogP contribution < -0.4 is 14.9 Å². The van der Waals surface area contributed by atoms with Gasteiger partial charge in [0.05, 0.1) is 31.6 Å². The molecule has 7 heteroatoms.